The van der Waals surface area contributed by atoms with E-state index in [-0.39, 0.29) is 0 Å². The van der Waals surface area contributed by atoms with Crippen molar-refractivity contribution in [2.75, 3.05) is 0 Å². The summed E-state index contributed by atoms with van der Waals surface area (Å²) >= 11 is 0. The highest BCUT2D eigenvalue weighted by molar-refractivity contribution is 5.80. The summed E-state index contributed by atoms with van der Waals surface area (Å²) in [6.45, 7) is 5.57. The first-order chi connectivity index (χ1) is 12.2. The van der Waals surface area contributed by atoms with Crippen molar-refractivity contribution in [2.24, 2.45) is 0 Å². The SMILES string of the molecule is CCCCCn1nc2n(CCCCC)c3ccccc3n2c(=O)c1=O. The maximum atomic E-state index is 12.7. The van der Waals surface area contributed by atoms with Gasteiger partial charge >= 0.3 is 11.1 Å². The van der Waals surface area contributed by atoms with E-state index >= 15 is 0 Å². The highest BCUT2D eigenvalue weighted by Crippen LogP contribution is 2.18. The van der Waals surface area contributed by atoms with Gasteiger partial charge in [0.05, 0.1) is 11.0 Å². The Morgan fingerprint density at radius 2 is 1.48 bits per heavy atom. The molecule has 0 fully saturated rings. The molecule has 0 saturated carbocycles. The van der Waals surface area contributed by atoms with Gasteiger partial charge in [0.25, 0.3) is 0 Å². The molecule has 0 spiro atoms. The fraction of sp³-hybridized carbons (Fsp3) is 0.526. The van der Waals surface area contributed by atoms with Gasteiger partial charge in [-0.1, -0.05) is 51.7 Å². The van der Waals surface area contributed by atoms with Gasteiger partial charge in [-0.15, -0.1) is 5.10 Å². The summed E-state index contributed by atoms with van der Waals surface area (Å²) in [6, 6.07) is 7.71. The third-order valence-corrected chi connectivity index (χ3v) is 4.64. The van der Waals surface area contributed by atoms with Crippen LogP contribution < -0.4 is 11.1 Å². The van der Waals surface area contributed by atoms with Crippen molar-refractivity contribution in [1.82, 2.24) is 18.7 Å². The average Bonchev–Trinajstić information content (AvgIpc) is 2.93. The number of benzene rings is 1. The van der Waals surface area contributed by atoms with E-state index in [9.17, 15) is 9.59 Å². The Hall–Kier alpha value is -2.37. The summed E-state index contributed by atoms with van der Waals surface area (Å²) in [7, 11) is 0. The van der Waals surface area contributed by atoms with Crippen molar-refractivity contribution in [3.63, 3.8) is 0 Å². The smallest absolute Gasteiger partial charge is 0.308 e. The molecule has 6 heteroatoms. The van der Waals surface area contributed by atoms with Gasteiger partial charge in [0.1, 0.15) is 0 Å². The topological polar surface area (TPSA) is 61.3 Å². The van der Waals surface area contributed by atoms with E-state index < -0.39 is 11.1 Å². The monoisotopic (exact) mass is 342 g/mol. The molecule has 1 aromatic carbocycles. The van der Waals surface area contributed by atoms with Crippen molar-refractivity contribution in [2.45, 2.75) is 65.5 Å². The summed E-state index contributed by atoms with van der Waals surface area (Å²) in [5.74, 6) is 0.568. The Balaban J connectivity index is 2.20. The zero-order valence-electron chi connectivity index (χ0n) is 15.1. The summed E-state index contributed by atoms with van der Waals surface area (Å²) in [5, 5.41) is 4.55. The molecular formula is C19H26N4O2. The van der Waals surface area contributed by atoms with E-state index in [1.165, 1.54) is 9.08 Å². The van der Waals surface area contributed by atoms with Gasteiger partial charge < -0.3 is 4.57 Å². The number of rotatable bonds is 8. The van der Waals surface area contributed by atoms with Gasteiger partial charge in [0.15, 0.2) is 0 Å². The normalized spacial score (nSPS) is 11.6. The van der Waals surface area contributed by atoms with Gasteiger partial charge in [0.2, 0.25) is 5.78 Å². The van der Waals surface area contributed by atoms with E-state index in [0.717, 1.165) is 56.1 Å². The fourth-order valence-corrected chi connectivity index (χ4v) is 3.28. The maximum Gasteiger partial charge on any atom is 0.333 e. The van der Waals surface area contributed by atoms with Crippen LogP contribution in [0.1, 0.15) is 52.4 Å². The average molecular weight is 342 g/mol. The van der Waals surface area contributed by atoms with Crippen LogP contribution in [0, 0.1) is 0 Å². The summed E-state index contributed by atoms with van der Waals surface area (Å²) < 4.78 is 4.89. The van der Waals surface area contributed by atoms with E-state index in [1.807, 2.05) is 24.3 Å². The fourth-order valence-electron chi connectivity index (χ4n) is 3.28. The van der Waals surface area contributed by atoms with Crippen molar-refractivity contribution in [1.29, 1.82) is 0 Å². The van der Waals surface area contributed by atoms with Crippen LogP contribution in [0.25, 0.3) is 16.8 Å². The molecule has 0 aliphatic rings. The van der Waals surface area contributed by atoms with Gasteiger partial charge in [-0.25, -0.2) is 9.08 Å². The lowest BCUT2D eigenvalue weighted by molar-refractivity contribution is 0.515. The molecule has 0 bridgehead atoms. The number of aromatic nitrogens is 4. The predicted molar refractivity (Wildman–Crippen MR) is 100 cm³/mol. The van der Waals surface area contributed by atoms with Gasteiger partial charge in [-0.05, 0) is 25.0 Å². The molecule has 0 unspecified atom stereocenters. The molecule has 0 amide bonds. The lowest BCUT2D eigenvalue weighted by Gasteiger charge is -2.07. The minimum absolute atomic E-state index is 0.495. The highest BCUT2D eigenvalue weighted by atomic mass is 16.2. The van der Waals surface area contributed by atoms with Crippen LogP contribution >= 0.6 is 0 Å². The Bertz CT molecular complexity index is 981. The lowest BCUT2D eigenvalue weighted by atomic mass is 10.2. The number of hydrogen-bond acceptors (Lipinski definition) is 3. The Kier molecular flexibility index (Phi) is 5.36. The molecule has 3 aromatic rings. The third kappa shape index (κ3) is 3.25. The van der Waals surface area contributed by atoms with Crippen LogP contribution in [0.15, 0.2) is 33.9 Å². The van der Waals surface area contributed by atoms with Gasteiger partial charge in [-0.3, -0.25) is 9.59 Å². The summed E-state index contributed by atoms with van der Waals surface area (Å²) in [6.07, 6.45) is 6.22. The first-order valence-corrected chi connectivity index (χ1v) is 9.30. The first kappa shape index (κ1) is 17.5. The zero-order chi connectivity index (χ0) is 17.8. The van der Waals surface area contributed by atoms with Crippen molar-refractivity contribution in [3.8, 4) is 0 Å². The molecule has 0 atom stereocenters. The zero-order valence-corrected chi connectivity index (χ0v) is 15.1. The van der Waals surface area contributed by atoms with E-state index in [0.29, 0.717) is 12.3 Å². The molecule has 6 nitrogen and oxygen atoms in total. The van der Waals surface area contributed by atoms with Crippen LogP contribution in [0.2, 0.25) is 0 Å². The number of para-hydroxylation sites is 2. The number of aryl methyl sites for hydroxylation is 2. The largest absolute Gasteiger partial charge is 0.333 e. The van der Waals surface area contributed by atoms with Crippen LogP contribution in [-0.4, -0.2) is 18.7 Å². The second kappa shape index (κ2) is 7.68. The molecule has 0 radical (unpaired) electrons. The van der Waals surface area contributed by atoms with E-state index in [2.05, 4.69) is 23.5 Å². The van der Waals surface area contributed by atoms with Crippen molar-refractivity contribution >= 4 is 16.8 Å². The molecule has 25 heavy (non-hydrogen) atoms. The Morgan fingerprint density at radius 3 is 2.16 bits per heavy atom. The molecular weight excluding hydrogens is 316 g/mol. The molecule has 2 aromatic heterocycles. The van der Waals surface area contributed by atoms with Crippen LogP contribution in [-0.2, 0) is 13.1 Å². The predicted octanol–water partition coefficient (Wildman–Crippen LogP) is 3.19. The van der Waals surface area contributed by atoms with Crippen LogP contribution in [0.3, 0.4) is 0 Å². The molecule has 0 aliphatic heterocycles. The Labute approximate surface area is 146 Å². The van der Waals surface area contributed by atoms with E-state index in [4.69, 9.17) is 0 Å². The standard InChI is InChI=1S/C19H26N4O2/c1-3-5-9-13-21-15-11-7-8-12-16(15)23-18(25)17(24)22(20-19(21)23)14-10-6-4-2/h7-8,11-12H,3-6,9-10,13-14H2,1-2H3. The molecule has 0 aliphatic carbocycles. The minimum atomic E-state index is -0.537. The number of fused-ring (bicyclic) bond motifs is 3. The van der Waals surface area contributed by atoms with Crippen molar-refractivity contribution in [3.05, 3.63) is 45.0 Å². The molecule has 0 saturated heterocycles. The van der Waals surface area contributed by atoms with Crippen LogP contribution in [0.5, 0.6) is 0 Å². The molecule has 134 valence electrons. The first-order valence-electron chi connectivity index (χ1n) is 9.30. The minimum Gasteiger partial charge on any atom is -0.308 e. The summed E-state index contributed by atoms with van der Waals surface area (Å²) in [4.78, 5) is 25.2. The van der Waals surface area contributed by atoms with Gasteiger partial charge in [0, 0.05) is 13.1 Å². The Morgan fingerprint density at radius 1 is 0.840 bits per heavy atom. The number of unbranched alkanes of at least 4 members (excludes halogenated alkanes) is 4. The lowest BCUT2D eigenvalue weighted by Crippen LogP contribution is -2.40. The van der Waals surface area contributed by atoms with Crippen molar-refractivity contribution < 1.29 is 0 Å². The number of imidazole rings is 1. The number of hydrogen-bond donors (Lipinski definition) is 0. The maximum absolute atomic E-state index is 12.7. The quantitative estimate of drug-likeness (QED) is 0.466. The summed E-state index contributed by atoms with van der Waals surface area (Å²) in [5.41, 5.74) is 0.662. The highest BCUT2D eigenvalue weighted by Gasteiger charge is 2.16. The van der Waals surface area contributed by atoms with Gasteiger partial charge in [-0.2, -0.15) is 0 Å². The molecule has 0 N–H and O–H groups in total. The second-order valence-corrected chi connectivity index (χ2v) is 6.52. The molecule has 2 heterocycles. The van der Waals surface area contributed by atoms with E-state index in [1.54, 1.807) is 0 Å². The second-order valence-electron chi connectivity index (χ2n) is 6.52. The molecule has 3 rings (SSSR count). The number of nitrogens with zero attached hydrogens (tertiary/aromatic N) is 4. The van der Waals surface area contributed by atoms with Crippen LogP contribution in [0.4, 0.5) is 0 Å². The third-order valence-electron chi connectivity index (χ3n) is 4.64.